The lowest BCUT2D eigenvalue weighted by atomic mass is 10.1. The van der Waals surface area contributed by atoms with E-state index < -0.39 is 0 Å². The molecule has 55 heavy (non-hydrogen) atoms. The second-order valence-electron chi connectivity index (χ2n) is 15.0. The highest BCUT2D eigenvalue weighted by molar-refractivity contribution is 8.77. The molecule has 2 fully saturated rings. The van der Waals surface area contributed by atoms with Gasteiger partial charge in [-0.3, -0.25) is 19.6 Å². The average Bonchev–Trinajstić information content (AvgIpc) is 3.67. The molecule has 4 aliphatic heterocycles. The Morgan fingerprint density at radius 3 is 1.67 bits per heavy atom. The zero-order chi connectivity index (χ0) is 39.0. The van der Waals surface area contributed by atoms with Crippen molar-refractivity contribution in [1.82, 2.24) is 9.80 Å². The van der Waals surface area contributed by atoms with E-state index in [1.807, 2.05) is 23.2 Å². The number of amides is 2. The third-order valence-electron chi connectivity index (χ3n) is 10.1. The molecule has 0 aromatic heterocycles. The highest BCUT2D eigenvalue weighted by Crippen LogP contribution is 2.41. The SMILES string of the molecule is C=C1CC2C=Nc3cc(OCc4cc(COc5cc6c(cc5OC)C(=O)N5CC(=C)CC5C=N6)cc(N(C)CC(C)(C)SSC)c4)c(OC)cc3C(=O)N2C1. The van der Waals surface area contributed by atoms with Crippen LogP contribution in [0.5, 0.6) is 23.0 Å². The lowest BCUT2D eigenvalue weighted by Crippen LogP contribution is -2.35. The summed E-state index contributed by atoms with van der Waals surface area (Å²) < 4.78 is 24.3. The fourth-order valence-corrected chi connectivity index (χ4v) is 9.79. The number of fused-ring (bicyclic) bond motifs is 4. The van der Waals surface area contributed by atoms with E-state index in [0.29, 0.717) is 71.4 Å². The Bertz CT molecular complexity index is 1980. The minimum absolute atomic E-state index is 0.0116. The van der Waals surface area contributed by atoms with Crippen LogP contribution in [0.3, 0.4) is 0 Å². The number of hydrogen-bond acceptors (Lipinski definition) is 11. The lowest BCUT2D eigenvalue weighted by Gasteiger charge is -2.31. The average molecular weight is 782 g/mol. The number of benzene rings is 3. The van der Waals surface area contributed by atoms with Crippen molar-refractivity contribution in [1.29, 1.82) is 0 Å². The molecule has 3 aromatic carbocycles. The highest BCUT2D eigenvalue weighted by atomic mass is 33.1. The van der Waals surface area contributed by atoms with Crippen LogP contribution in [0.2, 0.25) is 0 Å². The number of rotatable bonds is 13. The molecule has 0 aliphatic carbocycles. The van der Waals surface area contributed by atoms with Crippen molar-refractivity contribution >= 4 is 62.9 Å². The Balaban J connectivity index is 1.16. The molecule has 2 unspecified atom stereocenters. The summed E-state index contributed by atoms with van der Waals surface area (Å²) in [7, 11) is 8.81. The molecule has 7 rings (SSSR count). The fraction of sp³-hybridized carbons (Fsp3) is 0.381. The van der Waals surface area contributed by atoms with Crippen LogP contribution in [0.4, 0.5) is 17.1 Å². The van der Waals surface area contributed by atoms with Gasteiger partial charge in [-0.15, -0.1) is 0 Å². The maximum absolute atomic E-state index is 13.5. The molecule has 0 spiro atoms. The number of nitrogens with zero attached hydrogens (tertiary/aromatic N) is 5. The van der Waals surface area contributed by atoms with E-state index in [0.717, 1.165) is 34.5 Å². The molecule has 0 N–H and O–H groups in total. The molecule has 2 amide bonds. The summed E-state index contributed by atoms with van der Waals surface area (Å²) in [5.41, 5.74) is 6.90. The lowest BCUT2D eigenvalue weighted by molar-refractivity contribution is 0.0769. The van der Waals surface area contributed by atoms with E-state index in [-0.39, 0.29) is 41.9 Å². The summed E-state index contributed by atoms with van der Waals surface area (Å²) in [4.78, 5) is 42.3. The summed E-state index contributed by atoms with van der Waals surface area (Å²) in [6, 6.07) is 13.1. The van der Waals surface area contributed by atoms with Crippen molar-refractivity contribution in [2.24, 2.45) is 9.98 Å². The van der Waals surface area contributed by atoms with Gasteiger partial charge in [0.1, 0.15) is 13.2 Å². The third kappa shape index (κ3) is 8.09. The number of anilines is 1. The molecular formula is C42H47N5O6S2. The van der Waals surface area contributed by atoms with Gasteiger partial charge >= 0.3 is 0 Å². The van der Waals surface area contributed by atoms with Crippen LogP contribution < -0.4 is 23.8 Å². The Labute approximate surface area is 330 Å². The van der Waals surface area contributed by atoms with Crippen LogP contribution >= 0.6 is 21.6 Å². The predicted octanol–water partition coefficient (Wildman–Crippen LogP) is 8.06. The summed E-state index contributed by atoms with van der Waals surface area (Å²) >= 11 is 0. The zero-order valence-electron chi connectivity index (χ0n) is 32.2. The van der Waals surface area contributed by atoms with Crippen LogP contribution in [0.15, 0.2) is 76.8 Å². The molecule has 288 valence electrons. The van der Waals surface area contributed by atoms with Gasteiger partial charge in [0.25, 0.3) is 11.8 Å². The van der Waals surface area contributed by atoms with Gasteiger partial charge in [0, 0.05) is 61.7 Å². The van der Waals surface area contributed by atoms with Crippen LogP contribution in [0, 0.1) is 0 Å². The van der Waals surface area contributed by atoms with E-state index in [2.05, 4.69) is 63.4 Å². The first-order valence-corrected chi connectivity index (χ1v) is 20.7. The molecule has 0 saturated carbocycles. The number of carbonyl (C=O) groups is 2. The predicted molar refractivity (Wildman–Crippen MR) is 223 cm³/mol. The van der Waals surface area contributed by atoms with Gasteiger partial charge in [0.15, 0.2) is 23.0 Å². The van der Waals surface area contributed by atoms with Crippen LogP contribution in [0.1, 0.15) is 58.5 Å². The van der Waals surface area contributed by atoms with Gasteiger partial charge < -0.3 is 33.6 Å². The summed E-state index contributed by atoms with van der Waals surface area (Å²) in [6.45, 7) is 14.9. The van der Waals surface area contributed by atoms with Gasteiger partial charge in [-0.05, 0) is 74.4 Å². The normalized spacial score (nSPS) is 18.7. The quantitative estimate of drug-likeness (QED) is 0.126. The Kier molecular flexibility index (Phi) is 11.0. The molecule has 2 atom stereocenters. The largest absolute Gasteiger partial charge is 0.493 e. The van der Waals surface area contributed by atoms with E-state index in [1.165, 1.54) is 0 Å². The fourth-order valence-electron chi connectivity index (χ4n) is 7.58. The maximum atomic E-state index is 13.5. The number of carbonyl (C=O) groups excluding carboxylic acids is 2. The van der Waals surface area contributed by atoms with Crippen molar-refractivity contribution in [3.05, 3.63) is 89.0 Å². The zero-order valence-corrected chi connectivity index (χ0v) is 33.8. The van der Waals surface area contributed by atoms with Crippen molar-refractivity contribution in [2.75, 3.05) is 52.1 Å². The van der Waals surface area contributed by atoms with Gasteiger partial charge in [0.05, 0.1) is 48.8 Å². The second kappa shape index (κ2) is 15.7. The first-order valence-electron chi connectivity index (χ1n) is 18.2. The van der Waals surface area contributed by atoms with E-state index >= 15 is 0 Å². The third-order valence-corrected chi connectivity index (χ3v) is 12.7. The van der Waals surface area contributed by atoms with E-state index in [9.17, 15) is 9.59 Å². The number of ether oxygens (including phenoxy) is 4. The minimum Gasteiger partial charge on any atom is -0.493 e. The van der Waals surface area contributed by atoms with Crippen LogP contribution in [-0.2, 0) is 13.2 Å². The Hall–Kier alpha value is -4.88. The van der Waals surface area contributed by atoms with Crippen molar-refractivity contribution in [2.45, 2.75) is 56.7 Å². The highest BCUT2D eigenvalue weighted by Gasteiger charge is 2.36. The van der Waals surface area contributed by atoms with Gasteiger partial charge in [-0.1, -0.05) is 45.9 Å². The Morgan fingerprint density at radius 1 is 0.764 bits per heavy atom. The van der Waals surface area contributed by atoms with Crippen LogP contribution in [-0.4, -0.2) is 98.0 Å². The number of hydrogen-bond donors (Lipinski definition) is 0. The summed E-state index contributed by atoms with van der Waals surface area (Å²) in [5.74, 6) is 1.68. The number of aliphatic imine (C=N–C) groups is 2. The molecule has 4 aliphatic rings. The molecule has 4 heterocycles. The van der Waals surface area contributed by atoms with Crippen molar-refractivity contribution in [3.63, 3.8) is 0 Å². The minimum atomic E-state index is -0.109. The maximum Gasteiger partial charge on any atom is 0.257 e. The van der Waals surface area contributed by atoms with Crippen molar-refractivity contribution < 1.29 is 28.5 Å². The number of methoxy groups -OCH3 is 2. The van der Waals surface area contributed by atoms with E-state index in [1.54, 1.807) is 59.1 Å². The molecule has 13 heteroatoms. The molecule has 3 aromatic rings. The van der Waals surface area contributed by atoms with Gasteiger partial charge in [-0.2, -0.15) is 0 Å². The molecular weight excluding hydrogens is 735 g/mol. The van der Waals surface area contributed by atoms with E-state index in [4.69, 9.17) is 28.9 Å². The standard InChI is InChI=1S/C42H47N5O6S2/c1-25-9-30-18-43-34-16-38(36(50-6)14-32(34)40(48)46(30)20-25)52-22-27-11-28(13-29(12-27)45(5)24-42(3,4)55-54-8)23-53-39-17-35-33(15-37(39)51-7)41(49)47-21-26(2)10-31(47)19-44-35/h11-19,30-31H,1-2,9-10,20-24H2,3-8H3. The summed E-state index contributed by atoms with van der Waals surface area (Å²) in [6.07, 6.45) is 7.15. The smallest absolute Gasteiger partial charge is 0.257 e. The first-order chi connectivity index (χ1) is 26.4. The first kappa shape index (κ1) is 38.4. The van der Waals surface area contributed by atoms with Crippen molar-refractivity contribution in [3.8, 4) is 23.0 Å². The summed E-state index contributed by atoms with van der Waals surface area (Å²) in [5, 5.41) is 0. The molecule has 2 saturated heterocycles. The Morgan fingerprint density at radius 2 is 1.24 bits per heavy atom. The topological polar surface area (TPSA) is 105 Å². The molecule has 0 radical (unpaired) electrons. The molecule has 0 bridgehead atoms. The molecule has 11 nitrogen and oxygen atoms in total. The second-order valence-corrected chi connectivity index (χ2v) is 18.1. The van der Waals surface area contributed by atoms with Crippen LogP contribution in [0.25, 0.3) is 0 Å². The monoisotopic (exact) mass is 781 g/mol. The van der Waals surface area contributed by atoms with Gasteiger partial charge in [-0.25, -0.2) is 0 Å². The van der Waals surface area contributed by atoms with Gasteiger partial charge in [0.2, 0.25) is 0 Å².